The third-order valence-corrected chi connectivity index (χ3v) is 6.28. The van der Waals surface area contributed by atoms with Gasteiger partial charge in [0.05, 0.1) is 21.1 Å². The van der Waals surface area contributed by atoms with Crippen LogP contribution in [0.5, 0.6) is 0 Å². The molecule has 0 fully saturated rings. The number of likely N-dealkylation sites (N-methyl/N-ethyl adjacent to an activating group) is 1. The second-order valence-corrected chi connectivity index (χ2v) is 11.3. The van der Waals surface area contributed by atoms with Gasteiger partial charge in [-0.15, -0.1) is 0 Å². The summed E-state index contributed by atoms with van der Waals surface area (Å²) in [6.07, 6.45) is 29.7. The summed E-state index contributed by atoms with van der Waals surface area (Å²) in [5.41, 5.74) is 0. The van der Waals surface area contributed by atoms with Gasteiger partial charge in [-0.2, -0.15) is 0 Å². The molecule has 0 heterocycles. The molecule has 0 radical (unpaired) electrons. The fourth-order valence-electron chi connectivity index (χ4n) is 4.33. The topological polar surface area (TPSA) is 66.4 Å². The van der Waals surface area contributed by atoms with Crippen LogP contribution < -0.4 is 5.11 Å². The van der Waals surface area contributed by atoms with E-state index in [1.54, 1.807) is 0 Å². The number of ether oxygens (including phenoxy) is 1. The Kier molecular flexibility index (Phi) is 22.7. The summed E-state index contributed by atoms with van der Waals surface area (Å²) in [7, 11) is 5.85. The van der Waals surface area contributed by atoms with Crippen LogP contribution in [0.15, 0.2) is 24.3 Å². The van der Waals surface area contributed by atoms with Gasteiger partial charge in [0.15, 0.2) is 6.10 Å². The molecule has 0 aromatic carbocycles. The summed E-state index contributed by atoms with van der Waals surface area (Å²) in [5, 5.41) is 10.9. The number of esters is 1. The van der Waals surface area contributed by atoms with E-state index in [0.29, 0.717) is 17.4 Å². The Labute approximate surface area is 223 Å². The minimum Gasteiger partial charge on any atom is -0.550 e. The van der Waals surface area contributed by atoms with Crippen LogP contribution in [0.3, 0.4) is 0 Å². The van der Waals surface area contributed by atoms with Gasteiger partial charge in [0.25, 0.3) is 0 Å². The maximum atomic E-state index is 12.1. The standard InChI is InChI=1S/C31H57NO4/c1-5-6-7-8-9-10-11-12-13-14-15-16-17-18-19-20-21-22-23-24-25-26-31(35)36-29(27-30(33)34)28-32(2,3)4/h11-12,14-15,29H,5-10,13,16-28H2,1-4H3/b12-11+,15-14+. The molecule has 0 aromatic heterocycles. The highest BCUT2D eigenvalue weighted by atomic mass is 16.5. The molecular weight excluding hydrogens is 450 g/mol. The van der Waals surface area contributed by atoms with E-state index in [1.165, 1.54) is 83.5 Å². The van der Waals surface area contributed by atoms with Crippen molar-refractivity contribution in [1.82, 2.24) is 0 Å². The average molecular weight is 508 g/mol. The van der Waals surface area contributed by atoms with Crippen LogP contribution in [-0.2, 0) is 14.3 Å². The number of quaternary nitrogens is 1. The Morgan fingerprint density at radius 3 is 1.67 bits per heavy atom. The van der Waals surface area contributed by atoms with Crippen LogP contribution in [-0.4, -0.2) is 50.2 Å². The maximum absolute atomic E-state index is 12.1. The highest BCUT2D eigenvalue weighted by molar-refractivity contribution is 5.70. The van der Waals surface area contributed by atoms with Gasteiger partial charge in [0.2, 0.25) is 0 Å². The lowest BCUT2D eigenvalue weighted by Crippen LogP contribution is -2.45. The summed E-state index contributed by atoms with van der Waals surface area (Å²) < 4.78 is 5.94. The fourth-order valence-corrected chi connectivity index (χ4v) is 4.33. The molecule has 0 N–H and O–H groups in total. The second-order valence-electron chi connectivity index (χ2n) is 11.3. The number of unbranched alkanes of at least 4 members (excludes halogenated alkanes) is 14. The van der Waals surface area contributed by atoms with E-state index in [0.717, 1.165) is 25.7 Å². The molecule has 1 unspecified atom stereocenters. The van der Waals surface area contributed by atoms with Crippen molar-refractivity contribution >= 4 is 11.9 Å². The van der Waals surface area contributed by atoms with Crippen LogP contribution in [0.1, 0.15) is 129 Å². The number of allylic oxidation sites excluding steroid dienone is 4. The molecule has 36 heavy (non-hydrogen) atoms. The predicted octanol–water partition coefficient (Wildman–Crippen LogP) is 6.90. The van der Waals surface area contributed by atoms with Crippen LogP contribution in [0.4, 0.5) is 0 Å². The summed E-state index contributed by atoms with van der Waals surface area (Å²) in [6.45, 7) is 2.73. The van der Waals surface area contributed by atoms with Crippen molar-refractivity contribution < 1.29 is 23.9 Å². The number of hydrogen-bond donors (Lipinski definition) is 0. The van der Waals surface area contributed by atoms with Crippen molar-refractivity contribution in [1.29, 1.82) is 0 Å². The molecule has 0 aromatic rings. The van der Waals surface area contributed by atoms with E-state index >= 15 is 0 Å². The third kappa shape index (κ3) is 27.0. The maximum Gasteiger partial charge on any atom is 0.306 e. The van der Waals surface area contributed by atoms with Gasteiger partial charge in [-0.1, -0.05) is 102 Å². The molecule has 0 bridgehead atoms. The Hall–Kier alpha value is -1.62. The molecule has 0 saturated heterocycles. The molecule has 0 spiro atoms. The van der Waals surface area contributed by atoms with Gasteiger partial charge in [-0.3, -0.25) is 4.79 Å². The van der Waals surface area contributed by atoms with E-state index in [2.05, 4.69) is 31.2 Å². The normalized spacial score (nSPS) is 13.0. The van der Waals surface area contributed by atoms with E-state index in [-0.39, 0.29) is 12.4 Å². The number of aliphatic carboxylic acids is 1. The number of carboxylic acids is 1. The molecule has 5 heteroatoms. The van der Waals surface area contributed by atoms with E-state index in [1.807, 2.05) is 21.1 Å². The lowest BCUT2D eigenvalue weighted by molar-refractivity contribution is -0.873. The van der Waals surface area contributed by atoms with E-state index < -0.39 is 12.1 Å². The van der Waals surface area contributed by atoms with Gasteiger partial charge < -0.3 is 19.1 Å². The number of carbonyl (C=O) groups is 2. The lowest BCUT2D eigenvalue weighted by atomic mass is 10.1. The molecule has 0 amide bonds. The molecule has 1 atom stereocenters. The lowest BCUT2D eigenvalue weighted by Gasteiger charge is -2.29. The first-order valence-corrected chi connectivity index (χ1v) is 14.7. The zero-order valence-corrected chi connectivity index (χ0v) is 24.1. The van der Waals surface area contributed by atoms with Crippen molar-refractivity contribution in [2.24, 2.45) is 0 Å². The first-order valence-electron chi connectivity index (χ1n) is 14.7. The molecule has 0 aliphatic rings. The largest absolute Gasteiger partial charge is 0.550 e. The molecule has 0 aliphatic carbocycles. The SMILES string of the molecule is CCCCCCC/C=C/C/C=C/CCCCCCCCCCCC(=O)OC(CC(=O)[O-])C[N+](C)(C)C. The van der Waals surface area contributed by atoms with Crippen molar-refractivity contribution in [2.75, 3.05) is 27.7 Å². The minimum absolute atomic E-state index is 0.242. The first kappa shape index (κ1) is 34.4. The van der Waals surface area contributed by atoms with Gasteiger partial charge in [-0.05, 0) is 38.5 Å². The second kappa shape index (κ2) is 23.8. The number of carbonyl (C=O) groups excluding carboxylic acids is 2. The Morgan fingerprint density at radius 1 is 0.722 bits per heavy atom. The van der Waals surface area contributed by atoms with Gasteiger partial charge in [0.1, 0.15) is 6.54 Å². The molecule has 0 aliphatic heterocycles. The number of carboxylic acid groups (broad SMARTS) is 1. The summed E-state index contributed by atoms with van der Waals surface area (Å²) in [4.78, 5) is 23.0. The summed E-state index contributed by atoms with van der Waals surface area (Å²) in [6, 6.07) is 0. The Bertz CT molecular complexity index is 592. The first-order chi connectivity index (χ1) is 17.2. The van der Waals surface area contributed by atoms with E-state index in [9.17, 15) is 14.7 Å². The van der Waals surface area contributed by atoms with Crippen LogP contribution in [0.25, 0.3) is 0 Å². The fraction of sp³-hybridized carbons (Fsp3) is 0.806. The van der Waals surface area contributed by atoms with Gasteiger partial charge in [-0.25, -0.2) is 0 Å². The zero-order valence-electron chi connectivity index (χ0n) is 24.1. The van der Waals surface area contributed by atoms with Crippen LogP contribution in [0, 0.1) is 0 Å². The molecule has 0 saturated carbocycles. The van der Waals surface area contributed by atoms with Gasteiger partial charge in [0, 0.05) is 18.8 Å². The monoisotopic (exact) mass is 507 g/mol. The molecule has 5 nitrogen and oxygen atoms in total. The van der Waals surface area contributed by atoms with Crippen LogP contribution >= 0.6 is 0 Å². The number of hydrogen-bond acceptors (Lipinski definition) is 4. The predicted molar refractivity (Wildman–Crippen MR) is 149 cm³/mol. The van der Waals surface area contributed by atoms with Crippen molar-refractivity contribution in [3.63, 3.8) is 0 Å². The zero-order chi connectivity index (χ0) is 26.9. The highest BCUT2D eigenvalue weighted by Gasteiger charge is 2.22. The Morgan fingerprint density at radius 2 is 1.19 bits per heavy atom. The van der Waals surface area contributed by atoms with Crippen LogP contribution in [0.2, 0.25) is 0 Å². The Balaban J connectivity index is 3.53. The number of nitrogens with zero attached hydrogens (tertiary/aromatic N) is 1. The number of rotatable bonds is 25. The van der Waals surface area contributed by atoms with Crippen molar-refractivity contribution in [3.8, 4) is 0 Å². The van der Waals surface area contributed by atoms with E-state index in [4.69, 9.17) is 4.74 Å². The minimum atomic E-state index is -1.18. The third-order valence-electron chi connectivity index (χ3n) is 6.28. The van der Waals surface area contributed by atoms with Crippen molar-refractivity contribution in [3.05, 3.63) is 24.3 Å². The average Bonchev–Trinajstić information content (AvgIpc) is 2.78. The molecule has 210 valence electrons. The molecular formula is C31H57NO4. The smallest absolute Gasteiger partial charge is 0.306 e. The highest BCUT2D eigenvalue weighted by Crippen LogP contribution is 2.13. The quantitative estimate of drug-likeness (QED) is 0.0583. The summed E-state index contributed by atoms with van der Waals surface area (Å²) in [5.74, 6) is -1.47. The summed E-state index contributed by atoms with van der Waals surface area (Å²) >= 11 is 0. The van der Waals surface area contributed by atoms with Gasteiger partial charge >= 0.3 is 5.97 Å². The van der Waals surface area contributed by atoms with Crippen molar-refractivity contribution in [2.45, 2.75) is 135 Å². The molecule has 0 rings (SSSR count).